The topological polar surface area (TPSA) is 54.1 Å². The van der Waals surface area contributed by atoms with Gasteiger partial charge in [-0.25, -0.2) is 5.43 Å². The van der Waals surface area contributed by atoms with Crippen LogP contribution in [0.1, 0.15) is 41.3 Å². The standard InChI is InChI=1S/C26H31N5O/c1-18-7-12-23-22(15-18)21-5-4-6-24-26(21)31(23)14-13-30(24)17-25(32)28-27-16-19-8-10-20(11-9-19)29(2)3/h7-12,15-16,24H,4-6,13-14,17H2,1-3H3,(H,28,32)/p+1/t24-/m1/s1. The summed E-state index contributed by atoms with van der Waals surface area (Å²) in [7, 11) is 4.03. The number of carbonyl (C=O) groups is 1. The maximum atomic E-state index is 12.7. The molecule has 1 aliphatic heterocycles. The zero-order valence-electron chi connectivity index (χ0n) is 19.2. The van der Waals surface area contributed by atoms with E-state index in [9.17, 15) is 4.79 Å². The first-order chi connectivity index (χ1) is 15.5. The van der Waals surface area contributed by atoms with E-state index in [1.807, 2.05) is 38.4 Å². The van der Waals surface area contributed by atoms with E-state index in [2.05, 4.69) is 45.1 Å². The van der Waals surface area contributed by atoms with Crippen LogP contribution in [0.15, 0.2) is 47.6 Å². The predicted octanol–water partition coefficient (Wildman–Crippen LogP) is 2.44. The van der Waals surface area contributed by atoms with E-state index in [1.165, 1.54) is 39.0 Å². The summed E-state index contributed by atoms with van der Waals surface area (Å²) in [6.45, 7) is 4.57. The molecule has 6 heteroatoms. The van der Waals surface area contributed by atoms with Gasteiger partial charge in [0.15, 0.2) is 6.54 Å². The number of hydrogen-bond acceptors (Lipinski definition) is 3. The summed E-state index contributed by atoms with van der Waals surface area (Å²) >= 11 is 0. The Balaban J connectivity index is 1.28. The summed E-state index contributed by atoms with van der Waals surface area (Å²) in [5.41, 5.74) is 10.5. The summed E-state index contributed by atoms with van der Waals surface area (Å²) in [5, 5.41) is 5.61. The number of amides is 1. The average molecular weight is 431 g/mol. The average Bonchev–Trinajstić information content (AvgIpc) is 3.10. The number of hydrogen-bond donors (Lipinski definition) is 2. The molecule has 2 N–H and O–H groups in total. The van der Waals surface area contributed by atoms with E-state index >= 15 is 0 Å². The third kappa shape index (κ3) is 3.79. The van der Waals surface area contributed by atoms with Crippen molar-refractivity contribution in [2.45, 2.75) is 38.8 Å². The molecule has 2 atom stereocenters. The van der Waals surface area contributed by atoms with Crippen molar-refractivity contribution in [3.8, 4) is 0 Å². The van der Waals surface area contributed by atoms with Gasteiger partial charge in [-0.15, -0.1) is 0 Å². The first kappa shape index (κ1) is 20.8. The van der Waals surface area contributed by atoms with Gasteiger partial charge in [0.2, 0.25) is 0 Å². The van der Waals surface area contributed by atoms with E-state index < -0.39 is 0 Å². The lowest BCUT2D eigenvalue weighted by Gasteiger charge is -2.36. The molecule has 2 heterocycles. The van der Waals surface area contributed by atoms with Crippen molar-refractivity contribution >= 4 is 28.7 Å². The molecule has 0 spiro atoms. The molecule has 32 heavy (non-hydrogen) atoms. The monoisotopic (exact) mass is 430 g/mol. The molecule has 0 radical (unpaired) electrons. The summed E-state index contributed by atoms with van der Waals surface area (Å²) in [6, 6.07) is 15.3. The normalized spacial score (nSPS) is 19.8. The molecule has 5 rings (SSSR count). The maximum absolute atomic E-state index is 12.7. The molecule has 1 amide bonds. The third-order valence-corrected chi connectivity index (χ3v) is 6.97. The van der Waals surface area contributed by atoms with Crippen LogP contribution in [0.5, 0.6) is 0 Å². The number of quaternary nitrogens is 1. The van der Waals surface area contributed by atoms with Crippen LogP contribution in [-0.2, 0) is 17.8 Å². The maximum Gasteiger partial charge on any atom is 0.295 e. The van der Waals surface area contributed by atoms with Gasteiger partial charge >= 0.3 is 0 Å². The number of rotatable bonds is 5. The molecule has 1 aromatic heterocycles. The molecule has 3 aromatic rings. The smallest absolute Gasteiger partial charge is 0.295 e. The van der Waals surface area contributed by atoms with Crippen molar-refractivity contribution in [1.82, 2.24) is 9.99 Å². The largest absolute Gasteiger partial charge is 0.378 e. The highest BCUT2D eigenvalue weighted by Gasteiger charge is 2.38. The molecular formula is C26H32N5O+. The lowest BCUT2D eigenvalue weighted by Crippen LogP contribution is -3.14. The van der Waals surface area contributed by atoms with Crippen molar-refractivity contribution < 1.29 is 9.69 Å². The SMILES string of the molecule is Cc1ccc2c(c1)c1c3n2CC[NH+](CC(=O)NN=Cc2ccc(N(C)C)cc2)[C@@H]3CCC1. The predicted molar refractivity (Wildman–Crippen MR) is 130 cm³/mol. The zero-order chi connectivity index (χ0) is 22.2. The number of hydrazone groups is 1. The molecule has 0 fully saturated rings. The van der Waals surface area contributed by atoms with Gasteiger partial charge in [0.05, 0.1) is 25.0 Å². The fourth-order valence-corrected chi connectivity index (χ4v) is 5.40. The zero-order valence-corrected chi connectivity index (χ0v) is 19.2. The lowest BCUT2D eigenvalue weighted by molar-refractivity contribution is -0.929. The molecule has 6 nitrogen and oxygen atoms in total. The summed E-state index contributed by atoms with van der Waals surface area (Å²) in [6.07, 6.45) is 5.19. The van der Waals surface area contributed by atoms with E-state index in [0.29, 0.717) is 12.6 Å². The minimum Gasteiger partial charge on any atom is -0.378 e. The number of aromatic nitrogens is 1. The Labute approximate surface area is 189 Å². The van der Waals surface area contributed by atoms with Gasteiger partial charge in [-0.3, -0.25) is 4.79 Å². The minimum atomic E-state index is -0.0197. The van der Waals surface area contributed by atoms with Crippen LogP contribution in [0, 0.1) is 6.92 Å². The van der Waals surface area contributed by atoms with Gasteiger partial charge in [-0.1, -0.05) is 23.8 Å². The van der Waals surface area contributed by atoms with Gasteiger partial charge in [0.1, 0.15) is 6.04 Å². The Kier molecular flexibility index (Phi) is 5.47. The number of benzene rings is 2. The van der Waals surface area contributed by atoms with E-state index in [4.69, 9.17) is 0 Å². The summed E-state index contributed by atoms with van der Waals surface area (Å²) in [4.78, 5) is 16.1. The summed E-state index contributed by atoms with van der Waals surface area (Å²) in [5.74, 6) is -0.0197. The Bertz CT molecular complexity index is 1180. The number of carbonyl (C=O) groups excluding carboxylic acids is 1. The van der Waals surface area contributed by atoms with Crippen LogP contribution in [0.3, 0.4) is 0 Å². The molecular weight excluding hydrogens is 398 g/mol. The minimum absolute atomic E-state index is 0.0197. The second-order valence-corrected chi connectivity index (χ2v) is 9.35. The molecule has 0 saturated carbocycles. The van der Waals surface area contributed by atoms with Gasteiger partial charge in [-0.05, 0) is 55.2 Å². The Morgan fingerprint density at radius 3 is 2.84 bits per heavy atom. The first-order valence-corrected chi connectivity index (χ1v) is 11.6. The number of fused-ring (bicyclic) bond motifs is 3. The fraction of sp³-hybridized carbons (Fsp3) is 0.385. The molecule has 2 aromatic carbocycles. The van der Waals surface area contributed by atoms with Gasteiger partial charge < -0.3 is 14.4 Å². The van der Waals surface area contributed by atoms with Gasteiger partial charge in [0.25, 0.3) is 5.91 Å². The Hall–Kier alpha value is -3.12. The van der Waals surface area contributed by atoms with E-state index in [0.717, 1.165) is 37.2 Å². The van der Waals surface area contributed by atoms with E-state index in [-0.39, 0.29) is 5.91 Å². The molecule has 1 aliphatic carbocycles. The molecule has 0 bridgehead atoms. The lowest BCUT2D eigenvalue weighted by atomic mass is 9.89. The van der Waals surface area contributed by atoms with Crippen LogP contribution in [0.25, 0.3) is 10.9 Å². The fourth-order valence-electron chi connectivity index (χ4n) is 5.40. The van der Waals surface area contributed by atoms with Gasteiger partial charge in [0, 0.05) is 37.1 Å². The van der Waals surface area contributed by atoms with Crippen LogP contribution < -0.4 is 15.2 Å². The van der Waals surface area contributed by atoms with Crippen molar-refractivity contribution in [2.24, 2.45) is 5.10 Å². The number of anilines is 1. The number of nitrogens with one attached hydrogen (secondary N) is 2. The highest BCUT2D eigenvalue weighted by molar-refractivity contribution is 5.87. The molecule has 1 unspecified atom stereocenters. The summed E-state index contributed by atoms with van der Waals surface area (Å²) < 4.78 is 2.52. The van der Waals surface area contributed by atoms with Crippen molar-refractivity contribution in [3.63, 3.8) is 0 Å². The Morgan fingerprint density at radius 1 is 1.25 bits per heavy atom. The second-order valence-electron chi connectivity index (χ2n) is 9.35. The van der Waals surface area contributed by atoms with Gasteiger partial charge in [-0.2, -0.15) is 5.10 Å². The van der Waals surface area contributed by atoms with Crippen LogP contribution in [-0.4, -0.2) is 43.9 Å². The van der Waals surface area contributed by atoms with E-state index in [1.54, 1.807) is 6.21 Å². The second kappa shape index (κ2) is 8.43. The highest BCUT2D eigenvalue weighted by Crippen LogP contribution is 2.37. The van der Waals surface area contributed by atoms with Crippen LogP contribution in [0.2, 0.25) is 0 Å². The van der Waals surface area contributed by atoms with Crippen molar-refractivity contribution in [1.29, 1.82) is 0 Å². The van der Waals surface area contributed by atoms with Crippen molar-refractivity contribution in [3.05, 3.63) is 64.8 Å². The molecule has 0 saturated heterocycles. The number of aryl methyl sites for hydroxylation is 2. The van der Waals surface area contributed by atoms with Crippen LogP contribution >= 0.6 is 0 Å². The van der Waals surface area contributed by atoms with Crippen molar-refractivity contribution in [2.75, 3.05) is 32.1 Å². The number of nitrogens with zero attached hydrogens (tertiary/aromatic N) is 3. The molecule has 166 valence electrons. The third-order valence-electron chi connectivity index (χ3n) is 6.97. The highest BCUT2D eigenvalue weighted by atomic mass is 16.2. The quantitative estimate of drug-likeness (QED) is 0.483. The first-order valence-electron chi connectivity index (χ1n) is 11.6. The molecule has 2 aliphatic rings. The Morgan fingerprint density at radius 2 is 2.06 bits per heavy atom. The van der Waals surface area contributed by atoms with Crippen LogP contribution in [0.4, 0.5) is 5.69 Å².